The highest BCUT2D eigenvalue weighted by Gasteiger charge is 2.30. The zero-order valence-corrected chi connectivity index (χ0v) is 13.3. The van der Waals surface area contributed by atoms with Crippen molar-refractivity contribution >= 4 is 0 Å². The Labute approximate surface area is 130 Å². The van der Waals surface area contributed by atoms with Crippen LogP contribution in [0.15, 0.2) is 6.20 Å². The van der Waals surface area contributed by atoms with E-state index in [2.05, 4.69) is 39.1 Å². The van der Waals surface area contributed by atoms with E-state index < -0.39 is 0 Å². The summed E-state index contributed by atoms with van der Waals surface area (Å²) in [5.74, 6) is 0. The first-order valence-corrected chi connectivity index (χ1v) is 7.97. The second-order valence-electron chi connectivity index (χ2n) is 7.29. The van der Waals surface area contributed by atoms with Crippen molar-refractivity contribution in [3.8, 4) is 0 Å². The van der Waals surface area contributed by atoms with Gasteiger partial charge in [0.25, 0.3) is 0 Å². The first-order valence-electron chi connectivity index (χ1n) is 7.97. The average molecular weight is 301 g/mol. The molecule has 2 N–H and O–H groups in total. The minimum atomic E-state index is 0.227. The highest BCUT2D eigenvalue weighted by molar-refractivity contribution is 5.27. The van der Waals surface area contributed by atoms with Crippen LogP contribution in [0.2, 0.25) is 0 Å². The normalized spacial score (nSPS) is 21.2. The van der Waals surface area contributed by atoms with Crippen LogP contribution in [0.3, 0.4) is 0 Å². The fourth-order valence-corrected chi connectivity index (χ4v) is 3.69. The molecule has 0 spiro atoms. The molecule has 0 amide bonds. The minimum Gasteiger partial charge on any atom is -0.376 e. The molecule has 0 aliphatic carbocycles. The number of aromatic amines is 2. The summed E-state index contributed by atoms with van der Waals surface area (Å²) < 4.78 is 5.60. The van der Waals surface area contributed by atoms with Crippen LogP contribution in [0.5, 0.6) is 0 Å². The van der Waals surface area contributed by atoms with Crippen molar-refractivity contribution in [1.29, 1.82) is 0 Å². The monoisotopic (exact) mass is 301 g/mol. The summed E-state index contributed by atoms with van der Waals surface area (Å²) in [6.45, 7) is 8.97. The van der Waals surface area contributed by atoms with Gasteiger partial charge in [0.2, 0.25) is 0 Å². The molecule has 6 heteroatoms. The summed E-state index contributed by atoms with van der Waals surface area (Å²) in [5.41, 5.74) is 6.47. The van der Waals surface area contributed by atoms with Crippen molar-refractivity contribution in [1.82, 2.24) is 25.3 Å². The second-order valence-corrected chi connectivity index (χ2v) is 7.29. The summed E-state index contributed by atoms with van der Waals surface area (Å²) >= 11 is 0. The van der Waals surface area contributed by atoms with Crippen LogP contribution in [-0.4, -0.2) is 38.4 Å². The van der Waals surface area contributed by atoms with Gasteiger partial charge in [-0.05, 0) is 11.8 Å². The quantitative estimate of drug-likeness (QED) is 0.887. The number of rotatable bonds is 2. The highest BCUT2D eigenvalue weighted by Crippen LogP contribution is 2.30. The Morgan fingerprint density at radius 3 is 3.14 bits per heavy atom. The van der Waals surface area contributed by atoms with Gasteiger partial charge in [-0.25, -0.2) is 0 Å². The number of nitrogens with one attached hydrogen (secondary N) is 2. The van der Waals surface area contributed by atoms with Gasteiger partial charge in [-0.1, -0.05) is 13.8 Å². The van der Waals surface area contributed by atoms with E-state index in [0.717, 1.165) is 44.8 Å². The third-order valence-corrected chi connectivity index (χ3v) is 4.66. The number of ether oxygens (including phenoxy) is 1. The summed E-state index contributed by atoms with van der Waals surface area (Å²) in [5, 5.41) is 15.1. The van der Waals surface area contributed by atoms with Crippen molar-refractivity contribution in [2.75, 3.05) is 13.2 Å². The Hall–Kier alpha value is -1.66. The number of hydrogen-bond donors (Lipinski definition) is 2. The van der Waals surface area contributed by atoms with Gasteiger partial charge in [-0.2, -0.15) is 10.2 Å². The molecule has 2 aliphatic rings. The number of H-pyrrole nitrogens is 2. The lowest BCUT2D eigenvalue weighted by Crippen LogP contribution is -2.33. The molecule has 0 saturated carbocycles. The van der Waals surface area contributed by atoms with E-state index in [1.165, 1.54) is 22.5 Å². The molecule has 0 unspecified atom stereocenters. The van der Waals surface area contributed by atoms with Crippen molar-refractivity contribution in [3.63, 3.8) is 0 Å². The third-order valence-electron chi connectivity index (χ3n) is 4.66. The molecular weight excluding hydrogens is 278 g/mol. The van der Waals surface area contributed by atoms with E-state index in [1.54, 1.807) is 0 Å². The van der Waals surface area contributed by atoms with Gasteiger partial charge >= 0.3 is 0 Å². The van der Waals surface area contributed by atoms with Gasteiger partial charge in [-0.3, -0.25) is 15.1 Å². The Kier molecular flexibility index (Phi) is 3.31. The topological polar surface area (TPSA) is 69.8 Å². The van der Waals surface area contributed by atoms with Gasteiger partial charge in [0.15, 0.2) is 0 Å². The molecule has 4 heterocycles. The maximum atomic E-state index is 5.60. The molecule has 2 aromatic rings. The van der Waals surface area contributed by atoms with Crippen LogP contribution in [0, 0.1) is 5.41 Å². The lowest BCUT2D eigenvalue weighted by atomic mass is 9.88. The fourth-order valence-electron chi connectivity index (χ4n) is 3.69. The van der Waals surface area contributed by atoms with Crippen LogP contribution >= 0.6 is 0 Å². The van der Waals surface area contributed by atoms with E-state index in [4.69, 9.17) is 4.74 Å². The number of fused-ring (bicyclic) bond motifs is 2. The standard InChI is InChI=1S/C16H23N5O/c1-16(2)5-14-11(6-17-18-14)7-21(10-16)8-15-12-9-22-4-3-13(12)19-20-15/h6H,3-5,7-10H2,1-2H3,(H,17,18)(H,19,20). The summed E-state index contributed by atoms with van der Waals surface area (Å²) in [6, 6.07) is 0. The molecular formula is C16H23N5O. The Morgan fingerprint density at radius 1 is 1.32 bits per heavy atom. The maximum Gasteiger partial charge on any atom is 0.0820 e. The maximum absolute atomic E-state index is 5.60. The van der Waals surface area contributed by atoms with Crippen molar-refractivity contribution in [2.24, 2.45) is 5.41 Å². The van der Waals surface area contributed by atoms with E-state index in [-0.39, 0.29) is 5.41 Å². The smallest absolute Gasteiger partial charge is 0.0820 e. The van der Waals surface area contributed by atoms with E-state index in [0.29, 0.717) is 6.61 Å². The Bertz CT molecular complexity index is 672. The van der Waals surface area contributed by atoms with Crippen LogP contribution in [0.1, 0.15) is 42.1 Å². The van der Waals surface area contributed by atoms with Gasteiger partial charge in [0.1, 0.15) is 0 Å². The van der Waals surface area contributed by atoms with Crippen LogP contribution in [-0.2, 0) is 37.3 Å². The van der Waals surface area contributed by atoms with E-state index in [1.807, 2.05) is 6.20 Å². The molecule has 2 aromatic heterocycles. The number of hydrogen-bond acceptors (Lipinski definition) is 4. The largest absolute Gasteiger partial charge is 0.376 e. The molecule has 0 atom stereocenters. The zero-order chi connectivity index (χ0) is 15.2. The molecule has 4 rings (SSSR count). The number of aromatic nitrogens is 4. The molecule has 2 aliphatic heterocycles. The lowest BCUT2D eigenvalue weighted by molar-refractivity contribution is 0.108. The van der Waals surface area contributed by atoms with Gasteiger partial charge in [-0.15, -0.1) is 0 Å². The first-order chi connectivity index (χ1) is 10.6. The molecule has 118 valence electrons. The fraction of sp³-hybridized carbons (Fsp3) is 0.625. The Morgan fingerprint density at radius 2 is 2.23 bits per heavy atom. The first kappa shape index (κ1) is 14.0. The molecule has 0 aromatic carbocycles. The van der Waals surface area contributed by atoms with Gasteiger partial charge in [0, 0.05) is 48.6 Å². The number of nitrogens with zero attached hydrogens (tertiary/aromatic N) is 3. The zero-order valence-electron chi connectivity index (χ0n) is 13.3. The van der Waals surface area contributed by atoms with Crippen LogP contribution in [0.25, 0.3) is 0 Å². The Balaban J connectivity index is 1.59. The summed E-state index contributed by atoms with van der Waals surface area (Å²) in [6.07, 6.45) is 3.95. The summed E-state index contributed by atoms with van der Waals surface area (Å²) in [7, 11) is 0. The SMILES string of the molecule is CC1(C)Cc2[nH]ncc2CN(Cc2n[nH]c3c2COCC3)C1. The third kappa shape index (κ3) is 2.57. The van der Waals surface area contributed by atoms with Crippen LogP contribution < -0.4 is 0 Å². The molecule has 6 nitrogen and oxygen atoms in total. The predicted molar refractivity (Wildman–Crippen MR) is 82.1 cm³/mol. The predicted octanol–water partition coefficient (Wildman–Crippen LogP) is 1.79. The molecule has 0 fully saturated rings. The highest BCUT2D eigenvalue weighted by atomic mass is 16.5. The molecule has 0 bridgehead atoms. The molecule has 22 heavy (non-hydrogen) atoms. The van der Waals surface area contributed by atoms with Crippen molar-refractivity contribution in [2.45, 2.75) is 46.4 Å². The van der Waals surface area contributed by atoms with Crippen LogP contribution in [0.4, 0.5) is 0 Å². The van der Waals surface area contributed by atoms with E-state index in [9.17, 15) is 0 Å². The minimum absolute atomic E-state index is 0.227. The summed E-state index contributed by atoms with van der Waals surface area (Å²) in [4.78, 5) is 2.48. The lowest BCUT2D eigenvalue weighted by Gasteiger charge is -2.29. The van der Waals surface area contributed by atoms with Gasteiger partial charge in [0.05, 0.1) is 25.1 Å². The van der Waals surface area contributed by atoms with E-state index >= 15 is 0 Å². The second kappa shape index (κ2) is 5.21. The van der Waals surface area contributed by atoms with Gasteiger partial charge < -0.3 is 4.74 Å². The molecule has 0 radical (unpaired) electrons. The van der Waals surface area contributed by atoms with Crippen molar-refractivity contribution in [3.05, 3.63) is 34.4 Å². The van der Waals surface area contributed by atoms with Crippen molar-refractivity contribution < 1.29 is 4.74 Å². The average Bonchev–Trinajstić information content (AvgIpc) is 3.03. The molecule has 0 saturated heterocycles.